The first-order chi connectivity index (χ1) is 8.54. The third-order valence-electron chi connectivity index (χ3n) is 2.65. The van der Waals surface area contributed by atoms with Crippen LogP contribution in [0.3, 0.4) is 0 Å². The third-order valence-corrected chi connectivity index (χ3v) is 2.65. The Bertz CT molecular complexity index is 430. The van der Waals surface area contributed by atoms with Crippen molar-refractivity contribution >= 4 is 12.0 Å². The first-order valence-electron chi connectivity index (χ1n) is 5.88. The fourth-order valence-electron chi connectivity index (χ4n) is 1.43. The summed E-state index contributed by atoms with van der Waals surface area (Å²) in [7, 11) is 0. The minimum atomic E-state index is -0.371. The van der Waals surface area contributed by atoms with Gasteiger partial charge in [0.1, 0.15) is 5.82 Å². The van der Waals surface area contributed by atoms with Crippen LogP contribution in [0.25, 0.3) is 6.08 Å². The van der Waals surface area contributed by atoms with Crippen molar-refractivity contribution in [1.82, 2.24) is 5.32 Å². The Kier molecular flexibility index (Phi) is 5.52. The number of rotatable bonds is 5. The Morgan fingerprint density at radius 3 is 2.67 bits per heavy atom. The number of amides is 1. The van der Waals surface area contributed by atoms with E-state index in [1.807, 2.05) is 13.8 Å². The summed E-state index contributed by atoms with van der Waals surface area (Å²) >= 11 is 0. The zero-order valence-electron chi connectivity index (χ0n) is 10.6. The molecule has 1 aromatic carbocycles. The summed E-state index contributed by atoms with van der Waals surface area (Å²) < 4.78 is 13.3. The Labute approximate surface area is 106 Å². The van der Waals surface area contributed by atoms with Gasteiger partial charge in [0.2, 0.25) is 5.91 Å². The smallest absolute Gasteiger partial charge is 0.244 e. The zero-order chi connectivity index (χ0) is 13.5. The van der Waals surface area contributed by atoms with E-state index >= 15 is 0 Å². The largest absolute Gasteiger partial charge is 0.394 e. The average Bonchev–Trinajstić information content (AvgIpc) is 2.34. The van der Waals surface area contributed by atoms with E-state index in [9.17, 15) is 9.18 Å². The van der Waals surface area contributed by atoms with Crippen molar-refractivity contribution in [1.29, 1.82) is 0 Å². The van der Waals surface area contributed by atoms with Crippen LogP contribution in [0.1, 0.15) is 19.4 Å². The highest BCUT2D eigenvalue weighted by Crippen LogP contribution is 2.08. The summed E-state index contributed by atoms with van der Waals surface area (Å²) in [4.78, 5) is 11.6. The molecule has 0 saturated carbocycles. The second kappa shape index (κ2) is 6.91. The molecule has 1 amide bonds. The van der Waals surface area contributed by atoms with Crippen LogP contribution in [0.5, 0.6) is 0 Å². The van der Waals surface area contributed by atoms with Crippen molar-refractivity contribution in [3.05, 3.63) is 41.7 Å². The Morgan fingerprint density at radius 2 is 2.11 bits per heavy atom. The highest BCUT2D eigenvalue weighted by molar-refractivity contribution is 5.91. The first kappa shape index (κ1) is 14.4. The Morgan fingerprint density at radius 1 is 1.44 bits per heavy atom. The van der Waals surface area contributed by atoms with E-state index in [0.29, 0.717) is 5.56 Å². The molecule has 0 unspecified atom stereocenters. The number of carbonyl (C=O) groups is 1. The number of hydrogen-bond donors (Lipinski definition) is 2. The second-order valence-corrected chi connectivity index (χ2v) is 4.40. The summed E-state index contributed by atoms with van der Waals surface area (Å²) in [5.41, 5.74) is 0.359. The lowest BCUT2D eigenvalue weighted by molar-refractivity contribution is -0.117. The maximum Gasteiger partial charge on any atom is 0.244 e. The first-order valence-corrected chi connectivity index (χ1v) is 5.88. The molecule has 0 spiro atoms. The Hall–Kier alpha value is -1.68. The molecule has 1 rings (SSSR count). The topological polar surface area (TPSA) is 49.3 Å². The van der Waals surface area contributed by atoms with Crippen molar-refractivity contribution in [3.8, 4) is 0 Å². The molecule has 0 aliphatic heterocycles. The minimum absolute atomic E-state index is 0.114. The molecule has 0 saturated heterocycles. The molecule has 0 aliphatic rings. The average molecular weight is 251 g/mol. The van der Waals surface area contributed by atoms with Crippen LogP contribution in [0.4, 0.5) is 4.39 Å². The number of hydrogen-bond acceptors (Lipinski definition) is 2. The van der Waals surface area contributed by atoms with Crippen molar-refractivity contribution < 1.29 is 14.3 Å². The van der Waals surface area contributed by atoms with E-state index in [1.165, 1.54) is 18.2 Å². The maximum absolute atomic E-state index is 13.3. The summed E-state index contributed by atoms with van der Waals surface area (Å²) in [5, 5.41) is 11.7. The summed E-state index contributed by atoms with van der Waals surface area (Å²) in [5.74, 6) is -0.573. The van der Waals surface area contributed by atoms with Crippen LogP contribution < -0.4 is 5.32 Å². The monoisotopic (exact) mass is 251 g/mol. The van der Waals surface area contributed by atoms with Crippen molar-refractivity contribution in [2.75, 3.05) is 6.61 Å². The van der Waals surface area contributed by atoms with Crippen LogP contribution in [-0.2, 0) is 4.79 Å². The Balaban J connectivity index is 2.62. The molecule has 3 nitrogen and oxygen atoms in total. The lowest BCUT2D eigenvalue weighted by Gasteiger charge is -2.18. The zero-order valence-corrected chi connectivity index (χ0v) is 10.6. The molecule has 0 fully saturated rings. The van der Waals surface area contributed by atoms with Gasteiger partial charge in [-0.05, 0) is 18.1 Å². The molecule has 0 bridgehead atoms. The highest BCUT2D eigenvalue weighted by atomic mass is 19.1. The van der Waals surface area contributed by atoms with Crippen LogP contribution in [0.2, 0.25) is 0 Å². The van der Waals surface area contributed by atoms with Crippen LogP contribution in [-0.4, -0.2) is 23.7 Å². The van der Waals surface area contributed by atoms with Gasteiger partial charge in [0.05, 0.1) is 12.6 Å². The summed E-state index contributed by atoms with van der Waals surface area (Å²) in [6, 6.07) is 5.93. The van der Waals surface area contributed by atoms with E-state index < -0.39 is 0 Å². The van der Waals surface area contributed by atoms with Crippen LogP contribution in [0.15, 0.2) is 30.3 Å². The molecule has 4 heteroatoms. The molecule has 0 radical (unpaired) electrons. The predicted molar refractivity (Wildman–Crippen MR) is 69.3 cm³/mol. The maximum atomic E-state index is 13.3. The fourth-order valence-corrected chi connectivity index (χ4v) is 1.43. The number of nitrogens with one attached hydrogen (secondary N) is 1. The number of halogens is 1. The lowest BCUT2D eigenvalue weighted by atomic mass is 10.1. The van der Waals surface area contributed by atoms with Crippen LogP contribution in [0, 0.1) is 11.7 Å². The molecular weight excluding hydrogens is 233 g/mol. The number of aliphatic hydroxyl groups is 1. The quantitative estimate of drug-likeness (QED) is 0.786. The van der Waals surface area contributed by atoms with E-state index in [4.69, 9.17) is 5.11 Å². The van der Waals surface area contributed by atoms with Gasteiger partial charge in [0.15, 0.2) is 0 Å². The number of aliphatic hydroxyl groups excluding tert-OH is 1. The normalized spacial score (nSPS) is 12.9. The minimum Gasteiger partial charge on any atom is -0.394 e. The SMILES string of the molecule is CC(C)[C@@H](CO)NC(=O)C=Cc1ccccc1F. The fraction of sp³-hybridized carbons (Fsp3) is 0.357. The van der Waals surface area contributed by atoms with E-state index in [1.54, 1.807) is 18.2 Å². The molecule has 1 aromatic rings. The predicted octanol–water partition coefficient (Wildman–Crippen LogP) is 1.97. The second-order valence-electron chi connectivity index (χ2n) is 4.40. The number of carbonyl (C=O) groups excluding carboxylic acids is 1. The third kappa shape index (κ3) is 4.30. The van der Waals surface area contributed by atoms with Crippen molar-refractivity contribution in [3.63, 3.8) is 0 Å². The van der Waals surface area contributed by atoms with Gasteiger partial charge in [-0.3, -0.25) is 4.79 Å². The molecule has 0 aromatic heterocycles. The molecule has 0 heterocycles. The lowest BCUT2D eigenvalue weighted by Crippen LogP contribution is -2.40. The van der Waals surface area contributed by atoms with Gasteiger partial charge in [-0.15, -0.1) is 0 Å². The molecule has 0 aliphatic carbocycles. The van der Waals surface area contributed by atoms with Gasteiger partial charge in [-0.25, -0.2) is 4.39 Å². The van der Waals surface area contributed by atoms with Crippen LogP contribution >= 0.6 is 0 Å². The summed E-state index contributed by atoms with van der Waals surface area (Å²) in [6.45, 7) is 3.69. The van der Waals surface area contributed by atoms with E-state index in [0.717, 1.165) is 0 Å². The van der Waals surface area contributed by atoms with Gasteiger partial charge < -0.3 is 10.4 Å². The van der Waals surface area contributed by atoms with Gasteiger partial charge in [0.25, 0.3) is 0 Å². The molecule has 2 N–H and O–H groups in total. The van der Waals surface area contributed by atoms with E-state index in [2.05, 4.69) is 5.32 Å². The van der Waals surface area contributed by atoms with Crippen molar-refractivity contribution in [2.24, 2.45) is 5.92 Å². The molecular formula is C14H18FNO2. The van der Waals surface area contributed by atoms with E-state index in [-0.39, 0.29) is 30.3 Å². The van der Waals surface area contributed by atoms with Gasteiger partial charge in [-0.1, -0.05) is 32.0 Å². The van der Waals surface area contributed by atoms with Crippen molar-refractivity contribution in [2.45, 2.75) is 19.9 Å². The summed E-state index contributed by atoms with van der Waals surface area (Å²) in [6.07, 6.45) is 2.68. The molecule has 18 heavy (non-hydrogen) atoms. The van der Waals surface area contributed by atoms with Gasteiger partial charge in [0, 0.05) is 11.6 Å². The molecule has 98 valence electrons. The number of benzene rings is 1. The van der Waals surface area contributed by atoms with Gasteiger partial charge >= 0.3 is 0 Å². The molecule has 1 atom stereocenters. The van der Waals surface area contributed by atoms with Gasteiger partial charge in [-0.2, -0.15) is 0 Å². The standard InChI is InChI=1S/C14H18FNO2/c1-10(2)13(9-17)16-14(18)8-7-11-5-3-4-6-12(11)15/h3-8,10,13,17H,9H2,1-2H3,(H,16,18)/t13-/m1/s1. The highest BCUT2D eigenvalue weighted by Gasteiger charge is 2.13.